The first-order valence-electron chi connectivity index (χ1n) is 10.7. The van der Waals surface area contributed by atoms with Crippen molar-refractivity contribution in [2.75, 3.05) is 19.7 Å². The fourth-order valence-electron chi connectivity index (χ4n) is 5.08. The van der Waals surface area contributed by atoms with E-state index in [-0.39, 0.29) is 29.1 Å². The number of carbonyl (C=O) groups excluding carboxylic acids is 1. The molecule has 5 nitrogen and oxygen atoms in total. The van der Waals surface area contributed by atoms with Crippen LogP contribution < -0.4 is 0 Å². The van der Waals surface area contributed by atoms with Gasteiger partial charge in [0.05, 0.1) is 30.0 Å². The van der Waals surface area contributed by atoms with Crippen molar-refractivity contribution in [2.45, 2.75) is 76.3 Å². The summed E-state index contributed by atoms with van der Waals surface area (Å²) < 4.78 is 12.6. The lowest BCUT2D eigenvalue weighted by Crippen LogP contribution is -2.45. The number of amides is 1. The second-order valence-corrected chi connectivity index (χ2v) is 10.4. The number of piperidine rings is 1. The van der Waals surface area contributed by atoms with Gasteiger partial charge in [-0.05, 0) is 82.6 Å². The van der Waals surface area contributed by atoms with Crippen LogP contribution in [0.3, 0.4) is 0 Å². The predicted octanol–water partition coefficient (Wildman–Crippen LogP) is 4.06. The molecule has 3 aliphatic heterocycles. The summed E-state index contributed by atoms with van der Waals surface area (Å²) in [5.41, 5.74) is -0.359. The molecule has 0 radical (unpaired) electrons. The molecule has 1 amide bonds. The third kappa shape index (κ3) is 4.20. The van der Waals surface area contributed by atoms with Crippen LogP contribution in [0.4, 0.5) is 0 Å². The van der Waals surface area contributed by atoms with E-state index in [1.807, 2.05) is 18.7 Å². The maximum Gasteiger partial charge on any atom is 0.253 e. The van der Waals surface area contributed by atoms with Gasteiger partial charge in [0.1, 0.15) is 0 Å². The topological polar surface area (TPSA) is 59.0 Å². The van der Waals surface area contributed by atoms with Crippen molar-refractivity contribution >= 4 is 17.5 Å². The lowest BCUT2D eigenvalue weighted by molar-refractivity contribution is -0.155. The van der Waals surface area contributed by atoms with Gasteiger partial charge in [0.15, 0.2) is 0 Å². The summed E-state index contributed by atoms with van der Waals surface area (Å²) in [7, 11) is 0. The van der Waals surface area contributed by atoms with E-state index in [4.69, 9.17) is 21.1 Å². The van der Waals surface area contributed by atoms with E-state index in [0.29, 0.717) is 10.6 Å². The molecular weight excluding hydrogens is 390 g/mol. The monoisotopic (exact) mass is 421 g/mol. The molecule has 0 aliphatic carbocycles. The first kappa shape index (κ1) is 21.1. The van der Waals surface area contributed by atoms with Crippen LogP contribution in [0, 0.1) is 5.41 Å². The van der Waals surface area contributed by atoms with Gasteiger partial charge in [0.2, 0.25) is 0 Å². The second kappa shape index (κ2) is 7.52. The average molecular weight is 422 g/mol. The summed E-state index contributed by atoms with van der Waals surface area (Å²) in [5, 5.41) is 11.0. The van der Waals surface area contributed by atoms with Gasteiger partial charge < -0.3 is 19.5 Å². The van der Waals surface area contributed by atoms with Gasteiger partial charge in [-0.1, -0.05) is 11.6 Å². The maximum absolute atomic E-state index is 12.8. The molecule has 0 unspecified atom stereocenters. The largest absolute Gasteiger partial charge is 0.388 e. The van der Waals surface area contributed by atoms with Gasteiger partial charge in [0, 0.05) is 23.7 Å². The Bertz CT molecular complexity index is 751. The Hall–Kier alpha value is -1.14. The molecule has 3 aliphatic rings. The van der Waals surface area contributed by atoms with Crippen molar-refractivity contribution in [1.29, 1.82) is 0 Å². The molecule has 4 rings (SSSR count). The average Bonchev–Trinajstić information content (AvgIpc) is 3.28. The standard InChI is InChI=1S/C23H32ClNO4/c1-21(2,27)18-8-9-22(3,29-18)19-14-23(15-28-19)10-12-25(13-11-23)20(26)16-4-6-17(24)7-5-16/h4-7,18-19,27H,8-15H2,1-3H3/t18-,19-,22+/m0/s1. The van der Waals surface area contributed by atoms with Crippen LogP contribution >= 0.6 is 11.6 Å². The zero-order valence-electron chi connectivity index (χ0n) is 17.6. The fourth-order valence-corrected chi connectivity index (χ4v) is 5.21. The summed E-state index contributed by atoms with van der Waals surface area (Å²) in [4.78, 5) is 14.7. The van der Waals surface area contributed by atoms with E-state index in [0.717, 1.165) is 51.8 Å². The van der Waals surface area contributed by atoms with Crippen molar-refractivity contribution in [3.63, 3.8) is 0 Å². The number of hydrogen-bond donors (Lipinski definition) is 1. The molecule has 0 bridgehead atoms. The summed E-state index contributed by atoms with van der Waals surface area (Å²) in [6.45, 7) is 7.98. The fraction of sp³-hybridized carbons (Fsp3) is 0.696. The highest BCUT2D eigenvalue weighted by Gasteiger charge is 2.53. The van der Waals surface area contributed by atoms with Crippen LogP contribution in [-0.2, 0) is 9.47 Å². The zero-order valence-corrected chi connectivity index (χ0v) is 18.4. The minimum atomic E-state index is -0.832. The molecular formula is C23H32ClNO4. The molecule has 3 heterocycles. The quantitative estimate of drug-likeness (QED) is 0.799. The molecule has 0 saturated carbocycles. The van der Waals surface area contributed by atoms with Gasteiger partial charge in [-0.3, -0.25) is 4.79 Å². The van der Waals surface area contributed by atoms with Gasteiger partial charge in [-0.15, -0.1) is 0 Å². The van der Waals surface area contributed by atoms with E-state index in [1.54, 1.807) is 24.3 Å². The molecule has 160 valence electrons. The maximum atomic E-state index is 12.8. The number of nitrogens with zero attached hydrogens (tertiary/aromatic N) is 1. The summed E-state index contributed by atoms with van der Waals surface area (Å²) >= 11 is 5.93. The van der Waals surface area contributed by atoms with Crippen molar-refractivity contribution in [3.05, 3.63) is 34.9 Å². The van der Waals surface area contributed by atoms with Crippen LogP contribution in [0.1, 0.15) is 63.2 Å². The van der Waals surface area contributed by atoms with E-state index < -0.39 is 5.60 Å². The van der Waals surface area contributed by atoms with Crippen molar-refractivity contribution in [3.8, 4) is 0 Å². The van der Waals surface area contributed by atoms with Crippen molar-refractivity contribution < 1.29 is 19.4 Å². The highest BCUT2D eigenvalue weighted by molar-refractivity contribution is 6.30. The van der Waals surface area contributed by atoms with E-state index in [9.17, 15) is 9.90 Å². The van der Waals surface area contributed by atoms with E-state index >= 15 is 0 Å². The van der Waals surface area contributed by atoms with E-state index in [2.05, 4.69) is 6.92 Å². The zero-order chi connectivity index (χ0) is 20.9. The minimum absolute atomic E-state index is 0.0494. The van der Waals surface area contributed by atoms with Gasteiger partial charge in [0.25, 0.3) is 5.91 Å². The second-order valence-electron chi connectivity index (χ2n) is 9.91. The Labute approximate surface area is 178 Å². The van der Waals surface area contributed by atoms with Gasteiger partial charge in [-0.2, -0.15) is 0 Å². The number of likely N-dealkylation sites (tertiary alicyclic amines) is 1. The number of hydrogen-bond acceptors (Lipinski definition) is 4. The molecule has 0 aromatic heterocycles. The van der Waals surface area contributed by atoms with Crippen LogP contribution in [0.2, 0.25) is 5.02 Å². The molecule has 1 aromatic rings. The number of rotatable bonds is 3. The van der Waals surface area contributed by atoms with Crippen molar-refractivity contribution in [2.24, 2.45) is 5.41 Å². The number of ether oxygens (including phenoxy) is 2. The third-order valence-electron chi connectivity index (χ3n) is 7.20. The lowest BCUT2D eigenvalue weighted by Gasteiger charge is -2.39. The smallest absolute Gasteiger partial charge is 0.253 e. The highest BCUT2D eigenvalue weighted by Crippen LogP contribution is 2.49. The third-order valence-corrected chi connectivity index (χ3v) is 7.45. The molecule has 3 fully saturated rings. The first-order valence-corrected chi connectivity index (χ1v) is 11.0. The lowest BCUT2D eigenvalue weighted by atomic mass is 9.74. The summed E-state index contributed by atoms with van der Waals surface area (Å²) in [6.07, 6.45) is 4.53. The molecule has 6 heteroatoms. The Morgan fingerprint density at radius 2 is 1.86 bits per heavy atom. The number of benzene rings is 1. The Balaban J connectivity index is 1.35. The highest BCUT2D eigenvalue weighted by atomic mass is 35.5. The Kier molecular flexibility index (Phi) is 5.48. The Morgan fingerprint density at radius 3 is 2.45 bits per heavy atom. The Morgan fingerprint density at radius 1 is 1.21 bits per heavy atom. The molecule has 3 atom stereocenters. The SMILES string of the molecule is CC(C)(O)[C@@H]1CC[C@](C)([C@@H]2CC3(CCN(C(=O)c4ccc(Cl)cc4)CC3)CO2)O1. The predicted molar refractivity (Wildman–Crippen MR) is 112 cm³/mol. The molecule has 1 spiro atoms. The molecule has 1 N–H and O–H groups in total. The normalized spacial score (nSPS) is 32.1. The van der Waals surface area contributed by atoms with Gasteiger partial charge >= 0.3 is 0 Å². The van der Waals surface area contributed by atoms with Crippen LogP contribution in [0.15, 0.2) is 24.3 Å². The molecule has 3 saturated heterocycles. The molecule has 1 aromatic carbocycles. The van der Waals surface area contributed by atoms with Crippen LogP contribution in [-0.4, -0.2) is 59.0 Å². The number of aliphatic hydroxyl groups is 1. The van der Waals surface area contributed by atoms with Crippen LogP contribution in [0.25, 0.3) is 0 Å². The van der Waals surface area contributed by atoms with Crippen molar-refractivity contribution in [1.82, 2.24) is 4.90 Å². The number of halogens is 1. The first-order chi connectivity index (χ1) is 13.6. The van der Waals surface area contributed by atoms with Gasteiger partial charge in [-0.25, -0.2) is 0 Å². The summed E-state index contributed by atoms with van der Waals surface area (Å²) in [6, 6.07) is 7.11. The van der Waals surface area contributed by atoms with E-state index in [1.165, 1.54) is 0 Å². The summed E-state index contributed by atoms with van der Waals surface area (Å²) in [5.74, 6) is 0.0751. The van der Waals surface area contributed by atoms with Crippen LogP contribution in [0.5, 0.6) is 0 Å². The molecule has 29 heavy (non-hydrogen) atoms. The minimum Gasteiger partial charge on any atom is -0.388 e. The number of carbonyl (C=O) groups is 1.